The predicted octanol–water partition coefficient (Wildman–Crippen LogP) is 1.98. The maximum atomic E-state index is 11.8. The molecule has 0 radical (unpaired) electrons. The SMILES string of the molecule is O=C(COCC1CCCCO1)NCCc1noc(-c2ccccc2)n1. The lowest BCUT2D eigenvalue weighted by Gasteiger charge is -2.22. The first-order valence-electron chi connectivity index (χ1n) is 8.65. The average Bonchev–Trinajstić information content (AvgIpc) is 3.12. The minimum absolute atomic E-state index is 0.0430. The van der Waals surface area contributed by atoms with E-state index in [4.69, 9.17) is 14.0 Å². The van der Waals surface area contributed by atoms with Crippen LogP contribution >= 0.6 is 0 Å². The average molecular weight is 345 g/mol. The number of hydrogen-bond acceptors (Lipinski definition) is 6. The van der Waals surface area contributed by atoms with Gasteiger partial charge in [-0.25, -0.2) is 0 Å². The molecule has 1 aliphatic rings. The lowest BCUT2D eigenvalue weighted by atomic mass is 10.1. The second-order valence-electron chi connectivity index (χ2n) is 5.99. The zero-order valence-corrected chi connectivity index (χ0v) is 14.1. The van der Waals surface area contributed by atoms with Gasteiger partial charge in [0.25, 0.3) is 5.89 Å². The molecule has 2 heterocycles. The summed E-state index contributed by atoms with van der Waals surface area (Å²) in [5.74, 6) is 0.899. The quantitative estimate of drug-likeness (QED) is 0.787. The molecule has 0 bridgehead atoms. The number of ether oxygens (including phenoxy) is 2. The molecule has 0 saturated carbocycles. The maximum absolute atomic E-state index is 11.8. The molecule has 134 valence electrons. The topological polar surface area (TPSA) is 86.5 Å². The smallest absolute Gasteiger partial charge is 0.257 e. The largest absolute Gasteiger partial charge is 0.376 e. The summed E-state index contributed by atoms with van der Waals surface area (Å²) < 4.78 is 16.2. The summed E-state index contributed by atoms with van der Waals surface area (Å²) in [6, 6.07) is 9.58. The van der Waals surface area contributed by atoms with Crippen molar-refractivity contribution in [1.82, 2.24) is 15.5 Å². The van der Waals surface area contributed by atoms with Crippen molar-refractivity contribution >= 4 is 5.91 Å². The van der Waals surface area contributed by atoms with Crippen LogP contribution in [0.1, 0.15) is 25.1 Å². The molecule has 1 unspecified atom stereocenters. The van der Waals surface area contributed by atoms with Crippen molar-refractivity contribution in [3.8, 4) is 11.5 Å². The van der Waals surface area contributed by atoms with E-state index in [1.807, 2.05) is 30.3 Å². The number of carbonyl (C=O) groups is 1. The van der Waals surface area contributed by atoms with Crippen LogP contribution in [0.3, 0.4) is 0 Å². The molecule has 7 nitrogen and oxygen atoms in total. The van der Waals surface area contributed by atoms with E-state index < -0.39 is 0 Å². The van der Waals surface area contributed by atoms with E-state index in [1.54, 1.807) is 0 Å². The standard InChI is InChI=1S/C18H23N3O4/c22-17(13-23-12-15-8-4-5-11-24-15)19-10-9-16-20-18(25-21-16)14-6-2-1-3-7-14/h1-3,6-7,15H,4-5,8-13H2,(H,19,22). The predicted molar refractivity (Wildman–Crippen MR) is 90.9 cm³/mol. The van der Waals surface area contributed by atoms with Crippen molar-refractivity contribution in [2.45, 2.75) is 31.8 Å². The summed E-state index contributed by atoms with van der Waals surface area (Å²) in [6.07, 6.45) is 3.91. The maximum Gasteiger partial charge on any atom is 0.257 e. The van der Waals surface area contributed by atoms with Gasteiger partial charge in [0.05, 0.1) is 12.7 Å². The van der Waals surface area contributed by atoms with Crippen LogP contribution in [-0.4, -0.2) is 48.5 Å². The van der Waals surface area contributed by atoms with E-state index in [2.05, 4.69) is 15.5 Å². The van der Waals surface area contributed by atoms with Crippen LogP contribution in [0, 0.1) is 0 Å². The molecule has 1 aliphatic heterocycles. The highest BCUT2D eigenvalue weighted by molar-refractivity contribution is 5.77. The molecule has 2 aromatic rings. The number of nitrogens with zero attached hydrogens (tertiary/aromatic N) is 2. The molecule has 1 N–H and O–H groups in total. The molecule has 1 fully saturated rings. The monoisotopic (exact) mass is 345 g/mol. The van der Waals surface area contributed by atoms with Crippen LogP contribution in [0.15, 0.2) is 34.9 Å². The normalized spacial score (nSPS) is 17.4. The van der Waals surface area contributed by atoms with Crippen LogP contribution in [0.4, 0.5) is 0 Å². The molecule has 0 spiro atoms. The van der Waals surface area contributed by atoms with Gasteiger partial charge in [0.1, 0.15) is 6.61 Å². The van der Waals surface area contributed by atoms with E-state index in [0.29, 0.717) is 31.3 Å². The van der Waals surface area contributed by atoms with E-state index in [1.165, 1.54) is 0 Å². The summed E-state index contributed by atoms with van der Waals surface area (Å²) in [5, 5.41) is 6.72. The molecule has 1 atom stereocenters. The third kappa shape index (κ3) is 5.65. The van der Waals surface area contributed by atoms with Crippen molar-refractivity contribution in [2.24, 2.45) is 0 Å². The first-order chi connectivity index (χ1) is 12.3. The Labute approximate surface area is 146 Å². The van der Waals surface area contributed by atoms with Crippen molar-refractivity contribution < 1.29 is 18.8 Å². The Balaban J connectivity index is 1.32. The fourth-order valence-corrected chi connectivity index (χ4v) is 2.64. The van der Waals surface area contributed by atoms with Crippen molar-refractivity contribution in [2.75, 3.05) is 26.4 Å². The molecule has 1 amide bonds. The molecule has 7 heteroatoms. The van der Waals surface area contributed by atoms with Crippen molar-refractivity contribution in [3.63, 3.8) is 0 Å². The number of rotatable bonds is 8. The number of aromatic nitrogens is 2. The van der Waals surface area contributed by atoms with Gasteiger partial charge in [0, 0.05) is 25.1 Å². The molecule has 0 aliphatic carbocycles. The first kappa shape index (κ1) is 17.6. The van der Waals surface area contributed by atoms with Gasteiger partial charge in [0.15, 0.2) is 5.82 Å². The number of hydrogen-bond donors (Lipinski definition) is 1. The van der Waals surface area contributed by atoms with E-state index in [-0.39, 0.29) is 18.6 Å². The van der Waals surface area contributed by atoms with Gasteiger partial charge in [-0.05, 0) is 31.4 Å². The van der Waals surface area contributed by atoms with Gasteiger partial charge in [-0.3, -0.25) is 4.79 Å². The number of benzene rings is 1. The zero-order chi connectivity index (χ0) is 17.3. The Morgan fingerprint density at radius 2 is 2.16 bits per heavy atom. The molecule has 1 aromatic carbocycles. The third-order valence-corrected chi connectivity index (χ3v) is 3.97. The van der Waals surface area contributed by atoms with Crippen LogP contribution < -0.4 is 5.32 Å². The number of nitrogens with one attached hydrogen (secondary N) is 1. The van der Waals surface area contributed by atoms with E-state index >= 15 is 0 Å². The molecule has 1 aromatic heterocycles. The highest BCUT2D eigenvalue weighted by Crippen LogP contribution is 2.16. The van der Waals surface area contributed by atoms with Gasteiger partial charge < -0.3 is 19.3 Å². The zero-order valence-electron chi connectivity index (χ0n) is 14.1. The molecule has 25 heavy (non-hydrogen) atoms. The fourth-order valence-electron chi connectivity index (χ4n) is 2.64. The summed E-state index contributed by atoms with van der Waals surface area (Å²) in [4.78, 5) is 16.1. The highest BCUT2D eigenvalue weighted by Gasteiger charge is 2.14. The van der Waals surface area contributed by atoms with Gasteiger partial charge >= 0.3 is 0 Å². The summed E-state index contributed by atoms with van der Waals surface area (Å²) in [6.45, 7) is 1.74. The highest BCUT2D eigenvalue weighted by atomic mass is 16.5. The Kier molecular flexibility index (Phi) is 6.53. The fraction of sp³-hybridized carbons (Fsp3) is 0.500. The van der Waals surface area contributed by atoms with Gasteiger partial charge in [-0.2, -0.15) is 4.98 Å². The van der Waals surface area contributed by atoms with Gasteiger partial charge in [-0.15, -0.1) is 0 Å². The van der Waals surface area contributed by atoms with Gasteiger partial charge in [-0.1, -0.05) is 23.4 Å². The third-order valence-electron chi connectivity index (χ3n) is 3.97. The molecular formula is C18H23N3O4. The van der Waals surface area contributed by atoms with Crippen LogP contribution in [0.5, 0.6) is 0 Å². The molecule has 3 rings (SSSR count). The molecule has 1 saturated heterocycles. The van der Waals surface area contributed by atoms with E-state index in [0.717, 1.165) is 31.4 Å². The van der Waals surface area contributed by atoms with E-state index in [9.17, 15) is 4.79 Å². The van der Waals surface area contributed by atoms with Crippen LogP contribution in [-0.2, 0) is 20.7 Å². The van der Waals surface area contributed by atoms with Crippen molar-refractivity contribution in [1.29, 1.82) is 0 Å². The Morgan fingerprint density at radius 1 is 1.28 bits per heavy atom. The second kappa shape index (κ2) is 9.29. The summed E-state index contributed by atoms with van der Waals surface area (Å²) >= 11 is 0. The summed E-state index contributed by atoms with van der Waals surface area (Å²) in [7, 11) is 0. The second-order valence-corrected chi connectivity index (χ2v) is 5.99. The lowest BCUT2D eigenvalue weighted by molar-refractivity contribution is -0.127. The Hall–Kier alpha value is -2.25. The minimum Gasteiger partial charge on any atom is -0.376 e. The van der Waals surface area contributed by atoms with Crippen LogP contribution in [0.2, 0.25) is 0 Å². The minimum atomic E-state index is -0.150. The van der Waals surface area contributed by atoms with Crippen LogP contribution in [0.25, 0.3) is 11.5 Å². The molecular weight excluding hydrogens is 322 g/mol. The first-order valence-corrected chi connectivity index (χ1v) is 8.65. The number of carbonyl (C=O) groups excluding carboxylic acids is 1. The Bertz CT molecular complexity index is 653. The van der Waals surface area contributed by atoms with Gasteiger partial charge in [0.2, 0.25) is 5.91 Å². The number of amides is 1. The lowest BCUT2D eigenvalue weighted by Crippen LogP contribution is -2.32. The summed E-state index contributed by atoms with van der Waals surface area (Å²) in [5.41, 5.74) is 0.878. The Morgan fingerprint density at radius 3 is 2.96 bits per heavy atom. The van der Waals surface area contributed by atoms with Crippen molar-refractivity contribution in [3.05, 3.63) is 36.2 Å².